The summed E-state index contributed by atoms with van der Waals surface area (Å²) >= 11 is 0. The van der Waals surface area contributed by atoms with Crippen molar-refractivity contribution in [3.8, 4) is 0 Å². The van der Waals surface area contributed by atoms with Gasteiger partial charge in [-0.1, -0.05) is 6.92 Å². The van der Waals surface area contributed by atoms with E-state index in [9.17, 15) is 4.79 Å². The van der Waals surface area contributed by atoms with Gasteiger partial charge in [0.15, 0.2) is 5.96 Å². The van der Waals surface area contributed by atoms with Gasteiger partial charge in [0.1, 0.15) is 0 Å². The van der Waals surface area contributed by atoms with Crippen molar-refractivity contribution in [1.82, 2.24) is 15.1 Å². The second-order valence-electron chi connectivity index (χ2n) is 8.04. The van der Waals surface area contributed by atoms with E-state index in [1.165, 1.54) is 0 Å². The number of nitrogens with zero attached hydrogens (tertiary/aromatic N) is 3. The van der Waals surface area contributed by atoms with E-state index in [-0.39, 0.29) is 46.9 Å². The predicted molar refractivity (Wildman–Crippen MR) is 108 cm³/mol. The summed E-state index contributed by atoms with van der Waals surface area (Å²) in [6, 6.07) is 0.212. The van der Waals surface area contributed by atoms with Crippen LogP contribution in [0, 0.1) is 5.41 Å². The maximum absolute atomic E-state index is 12.6. The molecule has 0 radical (unpaired) electrons. The minimum Gasteiger partial charge on any atom is -0.381 e. The number of carbonyl (C=O) groups is 1. The van der Waals surface area contributed by atoms with Crippen LogP contribution in [0.1, 0.15) is 41.0 Å². The van der Waals surface area contributed by atoms with Gasteiger partial charge in [-0.25, -0.2) is 0 Å². The molecule has 2 rings (SSSR count). The molecule has 2 fully saturated rings. The maximum Gasteiger partial charge on any atom is 0.242 e. The lowest BCUT2D eigenvalue weighted by atomic mass is 9.90. The Kier molecular flexibility index (Phi) is 7.34. The minimum absolute atomic E-state index is 0. The number of hydrogen-bond donors (Lipinski definition) is 1. The van der Waals surface area contributed by atoms with Gasteiger partial charge in [0.05, 0.1) is 18.7 Å². The lowest BCUT2D eigenvalue weighted by Gasteiger charge is -2.49. The molecule has 1 unspecified atom stereocenters. The Bertz CT molecular complexity index is 473. The summed E-state index contributed by atoms with van der Waals surface area (Å²) in [6.45, 7) is 14.2. The van der Waals surface area contributed by atoms with Crippen molar-refractivity contribution in [2.24, 2.45) is 10.4 Å². The summed E-state index contributed by atoms with van der Waals surface area (Å²) in [5.74, 6) is 0.970. The third-order valence-corrected chi connectivity index (χ3v) is 4.83. The highest BCUT2D eigenvalue weighted by Gasteiger charge is 2.41. The van der Waals surface area contributed by atoms with Crippen molar-refractivity contribution in [3.63, 3.8) is 0 Å². The van der Waals surface area contributed by atoms with E-state index >= 15 is 0 Å². The molecule has 1 amide bonds. The van der Waals surface area contributed by atoms with Crippen LogP contribution in [0.3, 0.4) is 0 Å². The number of halogens is 1. The highest BCUT2D eigenvalue weighted by molar-refractivity contribution is 14.0. The minimum atomic E-state index is -0.207. The zero-order valence-corrected chi connectivity index (χ0v) is 18.2. The second-order valence-corrected chi connectivity index (χ2v) is 8.04. The molecule has 7 heteroatoms. The lowest BCUT2D eigenvalue weighted by molar-refractivity contribution is -0.145. The van der Waals surface area contributed by atoms with Crippen LogP contribution in [-0.4, -0.2) is 73.1 Å². The molecule has 0 aliphatic carbocycles. The van der Waals surface area contributed by atoms with Crippen molar-refractivity contribution in [1.29, 1.82) is 0 Å². The van der Waals surface area contributed by atoms with Gasteiger partial charge < -0.3 is 19.9 Å². The summed E-state index contributed by atoms with van der Waals surface area (Å²) in [7, 11) is 1.78. The average molecular weight is 452 g/mol. The van der Waals surface area contributed by atoms with E-state index in [4.69, 9.17) is 4.74 Å². The van der Waals surface area contributed by atoms with Crippen LogP contribution in [0.4, 0.5) is 0 Å². The summed E-state index contributed by atoms with van der Waals surface area (Å²) in [6.07, 6.45) is 1.06. The first-order valence-electron chi connectivity index (χ1n) is 8.54. The first-order valence-corrected chi connectivity index (χ1v) is 8.54. The third kappa shape index (κ3) is 4.74. The number of piperazine rings is 1. The van der Waals surface area contributed by atoms with Gasteiger partial charge in [-0.15, -0.1) is 24.0 Å². The molecule has 0 bridgehead atoms. The van der Waals surface area contributed by atoms with E-state index in [1.54, 1.807) is 7.05 Å². The first-order chi connectivity index (χ1) is 10.7. The Balaban J connectivity index is 0.00000288. The van der Waals surface area contributed by atoms with Crippen molar-refractivity contribution in [3.05, 3.63) is 0 Å². The topological polar surface area (TPSA) is 57.2 Å². The quantitative estimate of drug-likeness (QED) is 0.404. The normalized spacial score (nSPS) is 27.5. The molecule has 140 valence electrons. The molecule has 1 N–H and O–H groups in total. The number of carbonyl (C=O) groups excluding carboxylic acids is 1. The Morgan fingerprint density at radius 3 is 2.50 bits per heavy atom. The molecule has 0 aromatic heterocycles. The van der Waals surface area contributed by atoms with E-state index < -0.39 is 0 Å². The van der Waals surface area contributed by atoms with Gasteiger partial charge in [-0.2, -0.15) is 0 Å². The van der Waals surface area contributed by atoms with Crippen LogP contribution in [-0.2, 0) is 9.53 Å². The molecule has 0 spiro atoms. The fourth-order valence-corrected chi connectivity index (χ4v) is 3.79. The Hall–Kier alpha value is -0.570. The number of hydrogen-bond acceptors (Lipinski definition) is 3. The summed E-state index contributed by atoms with van der Waals surface area (Å²) in [5, 5.41) is 3.45. The molecule has 0 aromatic rings. The van der Waals surface area contributed by atoms with Crippen molar-refractivity contribution in [2.45, 2.75) is 52.6 Å². The van der Waals surface area contributed by atoms with Gasteiger partial charge in [0.2, 0.25) is 5.91 Å². The average Bonchev–Trinajstić information content (AvgIpc) is 2.84. The lowest BCUT2D eigenvalue weighted by Crippen LogP contribution is -2.66. The van der Waals surface area contributed by atoms with Crippen molar-refractivity contribution < 1.29 is 9.53 Å². The standard InChI is InChI=1S/C17H32N4O2.HI/c1-13(2)21-14(22)9-20(11-16(21,3)4)15(18-6)19-10-17(5)7-8-23-12-17;/h13H,7-12H2,1-6H3,(H,18,19);1H. The van der Waals surface area contributed by atoms with Gasteiger partial charge in [-0.3, -0.25) is 9.79 Å². The fraction of sp³-hybridized carbons (Fsp3) is 0.882. The zero-order chi connectivity index (χ0) is 17.3. The highest BCUT2D eigenvalue weighted by Crippen LogP contribution is 2.27. The van der Waals surface area contributed by atoms with Crippen LogP contribution < -0.4 is 5.32 Å². The van der Waals surface area contributed by atoms with Gasteiger partial charge in [0.25, 0.3) is 0 Å². The number of nitrogens with one attached hydrogen (secondary N) is 1. The number of rotatable bonds is 3. The first kappa shape index (κ1) is 21.5. The fourth-order valence-electron chi connectivity index (χ4n) is 3.79. The largest absolute Gasteiger partial charge is 0.381 e. The van der Waals surface area contributed by atoms with Crippen LogP contribution in [0.2, 0.25) is 0 Å². The maximum atomic E-state index is 12.6. The predicted octanol–water partition coefficient (Wildman–Crippen LogP) is 1.94. The van der Waals surface area contributed by atoms with Crippen LogP contribution >= 0.6 is 24.0 Å². The van der Waals surface area contributed by atoms with Crippen molar-refractivity contribution in [2.75, 3.05) is 39.9 Å². The molecule has 2 aliphatic heterocycles. The highest BCUT2D eigenvalue weighted by atomic mass is 127. The molecule has 1 atom stereocenters. The third-order valence-electron chi connectivity index (χ3n) is 4.83. The van der Waals surface area contributed by atoms with Crippen LogP contribution in [0.25, 0.3) is 0 Å². The molecule has 6 nitrogen and oxygen atoms in total. The van der Waals surface area contributed by atoms with E-state index in [0.29, 0.717) is 6.54 Å². The number of ether oxygens (including phenoxy) is 1. The van der Waals surface area contributed by atoms with E-state index in [0.717, 1.165) is 38.7 Å². The van der Waals surface area contributed by atoms with Crippen LogP contribution in [0.15, 0.2) is 4.99 Å². The number of aliphatic imine (C=N–C) groups is 1. The molecular weight excluding hydrogens is 419 g/mol. The Morgan fingerprint density at radius 1 is 1.38 bits per heavy atom. The van der Waals surface area contributed by atoms with E-state index in [2.05, 4.69) is 49.8 Å². The van der Waals surface area contributed by atoms with Gasteiger partial charge in [0, 0.05) is 38.2 Å². The van der Waals surface area contributed by atoms with Gasteiger partial charge in [-0.05, 0) is 34.1 Å². The Labute approximate surface area is 163 Å². The molecule has 0 saturated carbocycles. The second kappa shape index (κ2) is 8.21. The SMILES string of the molecule is CN=C(NCC1(C)CCOC1)N1CC(=O)N(C(C)C)C(C)(C)C1.I. The van der Waals surface area contributed by atoms with E-state index in [1.807, 2.05) is 4.90 Å². The summed E-state index contributed by atoms with van der Waals surface area (Å²) in [5.41, 5.74) is -0.0588. The van der Waals surface area contributed by atoms with Gasteiger partial charge >= 0.3 is 0 Å². The smallest absolute Gasteiger partial charge is 0.242 e. The number of amides is 1. The molecule has 2 saturated heterocycles. The summed E-state index contributed by atoms with van der Waals surface area (Å²) < 4.78 is 5.51. The number of guanidine groups is 1. The molecular formula is C17H33IN4O2. The Morgan fingerprint density at radius 2 is 2.04 bits per heavy atom. The molecule has 0 aromatic carbocycles. The molecule has 2 heterocycles. The molecule has 24 heavy (non-hydrogen) atoms. The van der Waals surface area contributed by atoms with Crippen LogP contribution in [0.5, 0.6) is 0 Å². The molecule has 2 aliphatic rings. The summed E-state index contributed by atoms with van der Waals surface area (Å²) in [4.78, 5) is 21.0. The monoisotopic (exact) mass is 452 g/mol. The zero-order valence-electron chi connectivity index (χ0n) is 15.9. The van der Waals surface area contributed by atoms with Crippen molar-refractivity contribution >= 4 is 35.8 Å².